The molecule has 1 saturated heterocycles. The maximum Gasteiger partial charge on any atom is 0.0938 e. The Labute approximate surface area is 79.4 Å². The Morgan fingerprint density at radius 3 is 2.08 bits per heavy atom. The van der Waals surface area contributed by atoms with Crippen LogP contribution < -0.4 is 0 Å². The van der Waals surface area contributed by atoms with Crippen LogP contribution >= 0.6 is 0 Å². The molecule has 0 radical (unpaired) electrons. The van der Waals surface area contributed by atoms with Crippen molar-refractivity contribution in [3.05, 3.63) is 0 Å². The Morgan fingerprint density at radius 2 is 1.69 bits per heavy atom. The molecule has 3 nitrogen and oxygen atoms in total. The van der Waals surface area contributed by atoms with E-state index in [1.807, 2.05) is 0 Å². The predicted molar refractivity (Wildman–Crippen MR) is 50.4 cm³/mol. The molecule has 0 spiro atoms. The summed E-state index contributed by atoms with van der Waals surface area (Å²) in [5.74, 6) is 0. The van der Waals surface area contributed by atoms with Crippen molar-refractivity contribution in [2.75, 3.05) is 13.1 Å². The van der Waals surface area contributed by atoms with Crippen LogP contribution in [0.15, 0.2) is 0 Å². The molecule has 1 heterocycles. The highest BCUT2D eigenvalue weighted by Gasteiger charge is 2.47. The van der Waals surface area contributed by atoms with Crippen LogP contribution in [0.25, 0.3) is 0 Å². The molecular formula is C10H19NO2. The number of aliphatic hydroxyl groups is 2. The smallest absolute Gasteiger partial charge is 0.0938 e. The molecule has 2 N–H and O–H groups in total. The maximum atomic E-state index is 9.41. The van der Waals surface area contributed by atoms with E-state index in [-0.39, 0.29) is 0 Å². The number of hydrogen-bond acceptors (Lipinski definition) is 3. The van der Waals surface area contributed by atoms with Crippen molar-refractivity contribution in [2.24, 2.45) is 5.41 Å². The second kappa shape index (κ2) is 2.94. The first-order valence-electron chi connectivity index (χ1n) is 5.13. The number of β-amino-alcohol motifs (C(OH)–C–C–N with tert-alkyl or cyclic N) is 2. The van der Waals surface area contributed by atoms with Gasteiger partial charge in [-0.05, 0) is 25.2 Å². The molecule has 3 heteroatoms. The lowest BCUT2D eigenvalue weighted by molar-refractivity contribution is 0.0572. The zero-order valence-corrected chi connectivity index (χ0v) is 8.40. The number of rotatable bonds is 2. The van der Waals surface area contributed by atoms with E-state index in [0.717, 1.165) is 0 Å². The Hall–Kier alpha value is -0.120. The highest BCUT2D eigenvalue weighted by Crippen LogP contribution is 2.50. The molecular weight excluding hydrogens is 166 g/mol. The van der Waals surface area contributed by atoms with Gasteiger partial charge in [0.2, 0.25) is 0 Å². The fraction of sp³-hybridized carbons (Fsp3) is 1.00. The van der Waals surface area contributed by atoms with Crippen LogP contribution in [0.2, 0.25) is 0 Å². The normalized spacial score (nSPS) is 40.6. The fourth-order valence-corrected chi connectivity index (χ4v) is 2.17. The third-order valence-corrected chi connectivity index (χ3v) is 3.88. The first-order valence-corrected chi connectivity index (χ1v) is 5.13. The molecule has 13 heavy (non-hydrogen) atoms. The van der Waals surface area contributed by atoms with Crippen molar-refractivity contribution < 1.29 is 10.2 Å². The average molecular weight is 185 g/mol. The molecule has 0 aromatic rings. The highest BCUT2D eigenvalue weighted by atomic mass is 16.3. The van der Waals surface area contributed by atoms with E-state index in [1.54, 1.807) is 0 Å². The molecule has 0 amide bonds. The van der Waals surface area contributed by atoms with Crippen LogP contribution in [0.4, 0.5) is 0 Å². The monoisotopic (exact) mass is 185 g/mol. The van der Waals surface area contributed by atoms with Crippen molar-refractivity contribution in [1.82, 2.24) is 4.90 Å². The third kappa shape index (κ3) is 1.60. The van der Waals surface area contributed by atoms with Crippen molar-refractivity contribution in [2.45, 2.75) is 44.9 Å². The summed E-state index contributed by atoms with van der Waals surface area (Å²) in [6, 6.07) is 0.499. The largest absolute Gasteiger partial charge is 0.389 e. The van der Waals surface area contributed by atoms with Gasteiger partial charge in [-0.1, -0.05) is 6.92 Å². The Balaban J connectivity index is 1.95. The average Bonchev–Trinajstić information content (AvgIpc) is 2.74. The van der Waals surface area contributed by atoms with Gasteiger partial charge in [-0.15, -0.1) is 0 Å². The topological polar surface area (TPSA) is 43.7 Å². The number of likely N-dealkylation sites (tertiary alicyclic amines) is 1. The lowest BCUT2D eigenvalue weighted by Gasteiger charge is -2.29. The van der Waals surface area contributed by atoms with Crippen molar-refractivity contribution in [3.63, 3.8) is 0 Å². The third-order valence-electron chi connectivity index (χ3n) is 3.88. The van der Waals surface area contributed by atoms with Crippen molar-refractivity contribution in [1.29, 1.82) is 0 Å². The van der Waals surface area contributed by atoms with Crippen LogP contribution in [-0.2, 0) is 0 Å². The van der Waals surface area contributed by atoms with Crippen LogP contribution in [0.5, 0.6) is 0 Å². The molecule has 0 aromatic carbocycles. The zero-order valence-electron chi connectivity index (χ0n) is 8.40. The summed E-state index contributed by atoms with van der Waals surface area (Å²) in [5, 5.41) is 18.8. The predicted octanol–water partition coefficient (Wildman–Crippen LogP) is 0.212. The first-order chi connectivity index (χ1) is 6.03. The van der Waals surface area contributed by atoms with Crippen LogP contribution in [-0.4, -0.2) is 46.5 Å². The van der Waals surface area contributed by atoms with Crippen molar-refractivity contribution >= 4 is 0 Å². The second-order valence-electron chi connectivity index (χ2n) is 4.92. The molecule has 0 bridgehead atoms. The van der Waals surface area contributed by atoms with Gasteiger partial charge in [0.1, 0.15) is 0 Å². The van der Waals surface area contributed by atoms with E-state index in [2.05, 4.69) is 18.7 Å². The van der Waals surface area contributed by atoms with E-state index < -0.39 is 12.2 Å². The summed E-state index contributed by atoms with van der Waals surface area (Å²) < 4.78 is 0. The molecule has 1 saturated carbocycles. The molecule has 76 valence electrons. The van der Waals surface area contributed by atoms with Gasteiger partial charge in [0, 0.05) is 19.1 Å². The number of aliphatic hydroxyl groups excluding tert-OH is 2. The summed E-state index contributed by atoms with van der Waals surface area (Å²) in [7, 11) is 0. The Morgan fingerprint density at radius 1 is 1.23 bits per heavy atom. The lowest BCUT2D eigenvalue weighted by Crippen LogP contribution is -2.37. The van der Waals surface area contributed by atoms with E-state index in [9.17, 15) is 10.2 Å². The van der Waals surface area contributed by atoms with Gasteiger partial charge < -0.3 is 10.2 Å². The molecule has 1 unspecified atom stereocenters. The zero-order chi connectivity index (χ0) is 9.64. The molecule has 2 rings (SSSR count). The molecule has 1 aliphatic heterocycles. The minimum absolute atomic E-state index is 0.448. The number of hydrogen-bond donors (Lipinski definition) is 2. The standard InChI is InChI=1S/C10H19NO2/c1-7(10(2)3-4-10)11-5-8(12)9(13)6-11/h7-9,12-13H,3-6H2,1-2H3/t7?,8-,9+. The molecule has 3 atom stereocenters. The van der Waals surface area contributed by atoms with Crippen LogP contribution in [0.3, 0.4) is 0 Å². The Kier molecular flexibility index (Phi) is 2.13. The first kappa shape index (κ1) is 9.44. The van der Waals surface area contributed by atoms with Gasteiger partial charge in [-0.2, -0.15) is 0 Å². The van der Waals surface area contributed by atoms with Gasteiger partial charge in [0.25, 0.3) is 0 Å². The van der Waals surface area contributed by atoms with E-state index in [4.69, 9.17) is 0 Å². The van der Waals surface area contributed by atoms with Gasteiger partial charge in [-0.3, -0.25) is 4.90 Å². The van der Waals surface area contributed by atoms with E-state index >= 15 is 0 Å². The minimum atomic E-state index is -0.537. The van der Waals surface area contributed by atoms with E-state index in [1.165, 1.54) is 12.8 Å². The summed E-state index contributed by atoms with van der Waals surface area (Å²) in [6.07, 6.45) is 1.50. The minimum Gasteiger partial charge on any atom is -0.389 e. The highest BCUT2D eigenvalue weighted by molar-refractivity contribution is 5.00. The summed E-state index contributed by atoms with van der Waals surface area (Å²) in [4.78, 5) is 2.21. The van der Waals surface area contributed by atoms with Gasteiger partial charge in [0.05, 0.1) is 12.2 Å². The number of nitrogens with zero attached hydrogens (tertiary/aromatic N) is 1. The van der Waals surface area contributed by atoms with E-state index in [0.29, 0.717) is 24.5 Å². The van der Waals surface area contributed by atoms with Gasteiger partial charge >= 0.3 is 0 Å². The van der Waals surface area contributed by atoms with Crippen molar-refractivity contribution in [3.8, 4) is 0 Å². The van der Waals surface area contributed by atoms with Gasteiger partial charge in [0.15, 0.2) is 0 Å². The SMILES string of the molecule is CC(N1C[C@@H](O)[C@@H](O)C1)C1(C)CC1. The molecule has 2 fully saturated rings. The second-order valence-corrected chi connectivity index (χ2v) is 4.92. The summed E-state index contributed by atoms with van der Waals surface area (Å²) in [5.41, 5.74) is 0.448. The summed E-state index contributed by atoms with van der Waals surface area (Å²) >= 11 is 0. The van der Waals surface area contributed by atoms with Crippen LogP contribution in [0.1, 0.15) is 26.7 Å². The van der Waals surface area contributed by atoms with Gasteiger partial charge in [-0.25, -0.2) is 0 Å². The van der Waals surface area contributed by atoms with Crippen LogP contribution in [0, 0.1) is 5.41 Å². The quantitative estimate of drug-likeness (QED) is 0.646. The molecule has 2 aliphatic rings. The fourth-order valence-electron chi connectivity index (χ4n) is 2.17. The Bertz CT molecular complexity index is 193. The maximum absolute atomic E-state index is 9.41. The lowest BCUT2D eigenvalue weighted by atomic mass is 10.00. The molecule has 0 aromatic heterocycles. The molecule has 1 aliphatic carbocycles. The summed E-state index contributed by atoms with van der Waals surface area (Å²) in [6.45, 7) is 5.77.